The van der Waals surface area contributed by atoms with Crippen molar-refractivity contribution in [3.8, 4) is 0 Å². The fourth-order valence-electron chi connectivity index (χ4n) is 2.81. The van der Waals surface area contributed by atoms with E-state index in [4.69, 9.17) is 5.11 Å². The first-order chi connectivity index (χ1) is 12.3. The first kappa shape index (κ1) is 19.9. The second-order valence-electron chi connectivity index (χ2n) is 5.85. The molecule has 2 N–H and O–H groups in total. The average Bonchev–Trinajstić information content (AvgIpc) is 3.11. The lowest BCUT2D eigenvalue weighted by molar-refractivity contribution is -0.141. The molecule has 1 aliphatic rings. The number of carbonyl (C=O) groups excluding carboxylic acids is 3. The fraction of sp³-hybridized carbons (Fsp3) is 0.412. The van der Waals surface area contributed by atoms with E-state index in [-0.39, 0.29) is 13.0 Å². The molecule has 1 aromatic carbocycles. The van der Waals surface area contributed by atoms with Gasteiger partial charge in [-0.1, -0.05) is 28.1 Å². The van der Waals surface area contributed by atoms with Crippen LogP contribution in [0.5, 0.6) is 0 Å². The molecule has 9 heteroatoms. The Morgan fingerprint density at radius 3 is 2.54 bits per heavy atom. The van der Waals surface area contributed by atoms with Crippen molar-refractivity contribution < 1.29 is 29.0 Å². The zero-order valence-electron chi connectivity index (χ0n) is 14.1. The van der Waals surface area contributed by atoms with Crippen LogP contribution in [0.4, 0.5) is 4.79 Å². The number of methoxy groups -OCH3 is 1. The quantitative estimate of drug-likeness (QED) is 0.529. The number of amides is 2. The van der Waals surface area contributed by atoms with E-state index >= 15 is 0 Å². The van der Waals surface area contributed by atoms with E-state index in [0.29, 0.717) is 18.4 Å². The summed E-state index contributed by atoms with van der Waals surface area (Å²) in [5.74, 6) is -1.69. The SMILES string of the molecule is COC(=O)CC(NC(=O)C1CCCN1C(=O)O)C(=O)c1ccc(Br)cc1. The highest BCUT2D eigenvalue weighted by atomic mass is 79.9. The number of halogens is 1. The van der Waals surface area contributed by atoms with Gasteiger partial charge in [0.05, 0.1) is 13.5 Å². The molecule has 0 saturated carbocycles. The lowest BCUT2D eigenvalue weighted by Gasteiger charge is -2.24. The van der Waals surface area contributed by atoms with Gasteiger partial charge in [-0.3, -0.25) is 19.3 Å². The smallest absolute Gasteiger partial charge is 0.407 e. The van der Waals surface area contributed by atoms with Crippen molar-refractivity contribution in [3.05, 3.63) is 34.3 Å². The van der Waals surface area contributed by atoms with Gasteiger partial charge in [0.15, 0.2) is 5.78 Å². The van der Waals surface area contributed by atoms with Gasteiger partial charge < -0.3 is 15.2 Å². The molecule has 2 amide bonds. The first-order valence-corrected chi connectivity index (χ1v) is 8.79. The molecule has 1 aliphatic heterocycles. The Bertz CT molecular complexity index is 706. The predicted molar refractivity (Wildman–Crippen MR) is 94.8 cm³/mol. The monoisotopic (exact) mass is 426 g/mol. The zero-order chi connectivity index (χ0) is 19.3. The van der Waals surface area contributed by atoms with E-state index in [1.807, 2.05) is 0 Å². The van der Waals surface area contributed by atoms with Crippen molar-refractivity contribution in [2.45, 2.75) is 31.3 Å². The van der Waals surface area contributed by atoms with Gasteiger partial charge >= 0.3 is 12.1 Å². The minimum absolute atomic E-state index is 0.260. The Hall–Kier alpha value is -2.42. The van der Waals surface area contributed by atoms with Gasteiger partial charge in [0.1, 0.15) is 12.1 Å². The number of Topliss-reactive ketones (excluding diaryl/α,β-unsaturated/α-hetero) is 1. The molecular weight excluding hydrogens is 408 g/mol. The van der Waals surface area contributed by atoms with E-state index in [1.165, 1.54) is 7.11 Å². The number of nitrogens with zero attached hydrogens (tertiary/aromatic N) is 1. The molecule has 26 heavy (non-hydrogen) atoms. The summed E-state index contributed by atoms with van der Waals surface area (Å²) in [6.07, 6.45) is -0.592. The summed E-state index contributed by atoms with van der Waals surface area (Å²) in [7, 11) is 1.19. The summed E-state index contributed by atoms with van der Waals surface area (Å²) in [4.78, 5) is 49.1. The van der Waals surface area contributed by atoms with Crippen LogP contribution in [0.1, 0.15) is 29.6 Å². The van der Waals surface area contributed by atoms with Crippen molar-refractivity contribution in [1.82, 2.24) is 10.2 Å². The Balaban J connectivity index is 2.17. The van der Waals surface area contributed by atoms with E-state index in [0.717, 1.165) is 9.37 Å². The van der Waals surface area contributed by atoms with E-state index in [1.54, 1.807) is 24.3 Å². The number of likely N-dealkylation sites (tertiary alicyclic amines) is 1. The van der Waals surface area contributed by atoms with Crippen LogP contribution in [0.2, 0.25) is 0 Å². The van der Waals surface area contributed by atoms with Crippen LogP contribution in [-0.4, -0.2) is 59.5 Å². The summed E-state index contributed by atoms with van der Waals surface area (Å²) in [5, 5.41) is 11.7. The highest BCUT2D eigenvalue weighted by Crippen LogP contribution is 2.19. The molecule has 2 rings (SSSR count). The molecule has 1 heterocycles. The summed E-state index contributed by atoms with van der Waals surface area (Å²) < 4.78 is 5.38. The molecule has 2 unspecified atom stereocenters. The normalized spacial score (nSPS) is 17.5. The molecule has 0 radical (unpaired) electrons. The third-order valence-electron chi connectivity index (χ3n) is 4.16. The maximum atomic E-state index is 12.7. The van der Waals surface area contributed by atoms with Crippen LogP contribution < -0.4 is 5.32 Å². The van der Waals surface area contributed by atoms with Gasteiger partial charge in [-0.05, 0) is 25.0 Å². The van der Waals surface area contributed by atoms with Crippen molar-refractivity contribution in [2.75, 3.05) is 13.7 Å². The molecule has 1 saturated heterocycles. The number of esters is 1. The number of nitrogens with one attached hydrogen (secondary N) is 1. The number of hydrogen-bond acceptors (Lipinski definition) is 5. The molecule has 0 spiro atoms. The number of carbonyl (C=O) groups is 4. The topological polar surface area (TPSA) is 113 Å². The predicted octanol–water partition coefficient (Wildman–Crippen LogP) is 1.82. The minimum Gasteiger partial charge on any atom is -0.469 e. The Morgan fingerprint density at radius 2 is 1.96 bits per heavy atom. The van der Waals surface area contributed by atoms with Gasteiger partial charge in [0, 0.05) is 16.6 Å². The van der Waals surface area contributed by atoms with Gasteiger partial charge in [-0.15, -0.1) is 0 Å². The van der Waals surface area contributed by atoms with Crippen molar-refractivity contribution >= 4 is 39.7 Å². The van der Waals surface area contributed by atoms with Crippen LogP contribution in [0.3, 0.4) is 0 Å². The molecule has 1 aromatic rings. The van der Waals surface area contributed by atoms with Crippen LogP contribution in [0.15, 0.2) is 28.7 Å². The van der Waals surface area contributed by atoms with Crippen molar-refractivity contribution in [1.29, 1.82) is 0 Å². The highest BCUT2D eigenvalue weighted by molar-refractivity contribution is 9.10. The first-order valence-electron chi connectivity index (χ1n) is 8.00. The number of ether oxygens (including phenoxy) is 1. The van der Waals surface area contributed by atoms with Gasteiger partial charge in [0.25, 0.3) is 0 Å². The third-order valence-corrected chi connectivity index (χ3v) is 4.69. The van der Waals surface area contributed by atoms with E-state index in [2.05, 4.69) is 26.0 Å². The summed E-state index contributed by atoms with van der Waals surface area (Å²) in [5.41, 5.74) is 0.323. The van der Waals surface area contributed by atoms with Crippen LogP contribution in [-0.2, 0) is 14.3 Å². The molecule has 0 bridgehead atoms. The largest absolute Gasteiger partial charge is 0.469 e. The lowest BCUT2D eigenvalue weighted by atomic mass is 10.0. The minimum atomic E-state index is -1.19. The molecule has 1 fully saturated rings. The zero-order valence-corrected chi connectivity index (χ0v) is 15.7. The molecule has 8 nitrogen and oxygen atoms in total. The Kier molecular flexibility index (Phi) is 6.73. The van der Waals surface area contributed by atoms with Gasteiger partial charge in [-0.25, -0.2) is 4.79 Å². The summed E-state index contributed by atoms with van der Waals surface area (Å²) in [6, 6.07) is 4.49. The number of carboxylic acid groups (broad SMARTS) is 1. The summed E-state index contributed by atoms with van der Waals surface area (Å²) in [6.45, 7) is 0.260. The molecular formula is C17H19BrN2O6. The number of hydrogen-bond donors (Lipinski definition) is 2. The fourth-order valence-corrected chi connectivity index (χ4v) is 3.08. The maximum absolute atomic E-state index is 12.7. The van der Waals surface area contributed by atoms with Gasteiger partial charge in [0.2, 0.25) is 5.91 Å². The highest BCUT2D eigenvalue weighted by Gasteiger charge is 2.36. The third kappa shape index (κ3) is 4.81. The lowest BCUT2D eigenvalue weighted by Crippen LogP contribution is -2.51. The van der Waals surface area contributed by atoms with E-state index < -0.39 is 35.8 Å². The van der Waals surface area contributed by atoms with Crippen molar-refractivity contribution in [3.63, 3.8) is 0 Å². The number of ketones is 1. The number of rotatable bonds is 6. The molecule has 140 valence electrons. The second-order valence-corrected chi connectivity index (χ2v) is 6.76. The summed E-state index contributed by atoms with van der Waals surface area (Å²) >= 11 is 3.27. The Morgan fingerprint density at radius 1 is 1.31 bits per heavy atom. The Labute approximate surface area is 158 Å². The van der Waals surface area contributed by atoms with Crippen LogP contribution in [0.25, 0.3) is 0 Å². The van der Waals surface area contributed by atoms with E-state index in [9.17, 15) is 19.2 Å². The standard InChI is InChI=1S/C17H19BrN2O6/c1-26-14(21)9-12(15(22)10-4-6-11(18)7-5-10)19-16(23)13-3-2-8-20(13)17(24)25/h4-7,12-13H,2-3,8-9H2,1H3,(H,19,23)(H,24,25). The maximum Gasteiger partial charge on any atom is 0.407 e. The van der Waals surface area contributed by atoms with Gasteiger partial charge in [-0.2, -0.15) is 0 Å². The molecule has 0 aromatic heterocycles. The molecule has 2 atom stereocenters. The van der Waals surface area contributed by atoms with Crippen molar-refractivity contribution in [2.24, 2.45) is 0 Å². The average molecular weight is 427 g/mol. The van der Waals surface area contributed by atoms with Crippen LogP contribution >= 0.6 is 15.9 Å². The molecule has 0 aliphatic carbocycles. The number of benzene rings is 1. The van der Waals surface area contributed by atoms with Crippen LogP contribution in [0, 0.1) is 0 Å². The second kappa shape index (κ2) is 8.79.